The molecule has 8 heteroatoms. The fraction of sp³-hybridized carbons (Fsp3) is 0.913. The zero-order chi connectivity index (χ0) is 23.4. The average Bonchev–Trinajstić information content (AvgIpc) is 2.78. The van der Waals surface area contributed by atoms with Crippen LogP contribution in [0.5, 0.6) is 0 Å². The highest BCUT2D eigenvalue weighted by Gasteiger charge is 2.00. The third kappa shape index (κ3) is 28.8. The van der Waals surface area contributed by atoms with Crippen LogP contribution in [0.4, 0.5) is 0 Å². The van der Waals surface area contributed by atoms with Crippen LogP contribution in [0.3, 0.4) is 0 Å². The number of nitrogens with one attached hydrogen (secondary N) is 2. The van der Waals surface area contributed by atoms with Crippen molar-refractivity contribution in [2.75, 3.05) is 65.9 Å². The van der Waals surface area contributed by atoms with Gasteiger partial charge in [0.2, 0.25) is 11.8 Å². The summed E-state index contributed by atoms with van der Waals surface area (Å²) in [7, 11) is 0. The van der Waals surface area contributed by atoms with Crippen LogP contribution in [0, 0.1) is 0 Å². The molecule has 0 saturated carbocycles. The molecule has 0 spiro atoms. The lowest BCUT2D eigenvalue weighted by Gasteiger charge is -2.08. The summed E-state index contributed by atoms with van der Waals surface area (Å²) in [6, 6.07) is 0. The van der Waals surface area contributed by atoms with Crippen molar-refractivity contribution in [3.05, 3.63) is 0 Å². The monoisotopic (exact) mass is 448 g/mol. The van der Waals surface area contributed by atoms with Crippen LogP contribution in [0.1, 0.15) is 72.6 Å². The van der Waals surface area contributed by atoms with Crippen LogP contribution < -0.4 is 10.6 Å². The maximum Gasteiger partial charge on any atom is 0.220 e. The second-order valence-electron chi connectivity index (χ2n) is 6.67. The molecule has 0 rings (SSSR count). The third-order valence-electron chi connectivity index (χ3n) is 4.01. The number of unbranched alkanes of at least 4 members (excludes halogenated alkanes) is 3. The summed E-state index contributed by atoms with van der Waals surface area (Å²) >= 11 is 0. The Labute approximate surface area is 190 Å². The number of carbonyl (C=O) groups is 2. The van der Waals surface area contributed by atoms with Crippen LogP contribution in [-0.2, 0) is 28.5 Å². The maximum atomic E-state index is 11.6. The van der Waals surface area contributed by atoms with Crippen molar-refractivity contribution < 1.29 is 28.5 Å². The molecule has 0 aromatic heterocycles. The van der Waals surface area contributed by atoms with Crippen molar-refractivity contribution in [1.82, 2.24) is 10.6 Å². The number of ether oxygens (including phenoxy) is 4. The van der Waals surface area contributed by atoms with Crippen molar-refractivity contribution in [1.29, 1.82) is 0 Å². The molecule has 0 aliphatic carbocycles. The molecule has 0 aromatic rings. The lowest BCUT2D eigenvalue weighted by Crippen LogP contribution is -2.27. The van der Waals surface area contributed by atoms with E-state index < -0.39 is 0 Å². The number of carbonyl (C=O) groups excluding carboxylic acids is 2. The summed E-state index contributed by atoms with van der Waals surface area (Å²) in [6.45, 7) is 13.4. The smallest absolute Gasteiger partial charge is 0.220 e. The molecule has 31 heavy (non-hydrogen) atoms. The highest BCUT2D eigenvalue weighted by Crippen LogP contribution is 2.01. The van der Waals surface area contributed by atoms with E-state index in [0.29, 0.717) is 78.8 Å². The Morgan fingerprint density at radius 1 is 0.581 bits per heavy atom. The van der Waals surface area contributed by atoms with E-state index in [0.717, 1.165) is 19.3 Å². The van der Waals surface area contributed by atoms with E-state index in [4.69, 9.17) is 18.9 Å². The van der Waals surface area contributed by atoms with Gasteiger partial charge in [0.1, 0.15) is 0 Å². The fourth-order valence-corrected chi connectivity index (χ4v) is 2.45. The first-order chi connectivity index (χ1) is 15.2. The average molecular weight is 449 g/mol. The molecule has 2 N–H and O–H groups in total. The highest BCUT2D eigenvalue weighted by molar-refractivity contribution is 5.76. The Morgan fingerprint density at radius 2 is 1.06 bits per heavy atom. The molecule has 186 valence electrons. The lowest BCUT2D eigenvalue weighted by atomic mass is 10.1. The van der Waals surface area contributed by atoms with Crippen molar-refractivity contribution in [2.24, 2.45) is 0 Å². The van der Waals surface area contributed by atoms with Gasteiger partial charge in [-0.3, -0.25) is 9.59 Å². The number of hydrogen-bond acceptors (Lipinski definition) is 6. The zero-order valence-corrected chi connectivity index (χ0v) is 20.5. The number of amides is 2. The van der Waals surface area contributed by atoms with Gasteiger partial charge >= 0.3 is 0 Å². The van der Waals surface area contributed by atoms with E-state index in [1.54, 1.807) is 0 Å². The second-order valence-corrected chi connectivity index (χ2v) is 6.67. The van der Waals surface area contributed by atoms with Crippen LogP contribution in [-0.4, -0.2) is 77.8 Å². The van der Waals surface area contributed by atoms with E-state index in [2.05, 4.69) is 17.6 Å². The van der Waals surface area contributed by atoms with Gasteiger partial charge in [-0.1, -0.05) is 40.0 Å². The second kappa shape index (κ2) is 28.8. The zero-order valence-electron chi connectivity index (χ0n) is 20.5. The molecule has 0 fully saturated rings. The first-order valence-corrected chi connectivity index (χ1v) is 12.0. The Balaban J connectivity index is 0. The minimum Gasteiger partial charge on any atom is -0.379 e. The topological polar surface area (TPSA) is 95.1 Å². The van der Waals surface area contributed by atoms with Gasteiger partial charge in [-0.2, -0.15) is 0 Å². The maximum absolute atomic E-state index is 11.6. The molecule has 8 nitrogen and oxygen atoms in total. The van der Waals surface area contributed by atoms with Crippen molar-refractivity contribution in [2.45, 2.75) is 72.6 Å². The van der Waals surface area contributed by atoms with E-state index in [1.807, 2.05) is 20.8 Å². The number of rotatable bonds is 22. The first-order valence-electron chi connectivity index (χ1n) is 12.0. The Kier molecular flexibility index (Phi) is 29.7. The van der Waals surface area contributed by atoms with E-state index in [-0.39, 0.29) is 11.8 Å². The number of hydrogen-bond donors (Lipinski definition) is 2. The molecule has 0 atom stereocenters. The molecule has 0 aliphatic heterocycles. The minimum atomic E-state index is 0.0658. The van der Waals surface area contributed by atoms with Gasteiger partial charge < -0.3 is 29.6 Å². The van der Waals surface area contributed by atoms with Gasteiger partial charge in [-0.05, 0) is 19.8 Å². The Hall–Kier alpha value is -1.22. The van der Waals surface area contributed by atoms with Crippen molar-refractivity contribution in [3.63, 3.8) is 0 Å². The van der Waals surface area contributed by atoms with Gasteiger partial charge in [0.15, 0.2) is 0 Å². The minimum absolute atomic E-state index is 0.0658. The van der Waals surface area contributed by atoms with Crippen LogP contribution in [0.2, 0.25) is 0 Å². The molecule has 0 unspecified atom stereocenters. The summed E-state index contributed by atoms with van der Waals surface area (Å²) < 4.78 is 21.6. The van der Waals surface area contributed by atoms with Crippen LogP contribution in [0.15, 0.2) is 0 Å². The van der Waals surface area contributed by atoms with Gasteiger partial charge in [-0.15, -0.1) is 0 Å². The summed E-state index contributed by atoms with van der Waals surface area (Å²) in [4.78, 5) is 22.8. The fourth-order valence-electron chi connectivity index (χ4n) is 2.45. The third-order valence-corrected chi connectivity index (χ3v) is 4.01. The van der Waals surface area contributed by atoms with Gasteiger partial charge in [0.25, 0.3) is 0 Å². The molecule has 0 aromatic carbocycles. The van der Waals surface area contributed by atoms with Crippen molar-refractivity contribution >= 4 is 11.8 Å². The van der Waals surface area contributed by atoms with E-state index in [9.17, 15) is 9.59 Å². The van der Waals surface area contributed by atoms with Crippen molar-refractivity contribution in [3.8, 4) is 0 Å². The Morgan fingerprint density at radius 3 is 1.61 bits per heavy atom. The lowest BCUT2D eigenvalue weighted by molar-refractivity contribution is -0.122. The normalized spacial score (nSPS) is 10.3. The van der Waals surface area contributed by atoms with E-state index in [1.165, 1.54) is 12.8 Å². The standard InChI is InChI=1S/C21H42N2O6.C2H6/c1-3-5-6-7-9-21(25)23-11-13-27-15-17-29-19-18-28-16-14-26-12-8-10-20(24)22-4-2;1-2/h3-19H2,1-2H3,(H,22,24)(H,23,25);1-2H3. The summed E-state index contributed by atoms with van der Waals surface area (Å²) in [5, 5.41) is 5.61. The first kappa shape index (κ1) is 32.0. The van der Waals surface area contributed by atoms with Gasteiger partial charge in [-0.25, -0.2) is 0 Å². The van der Waals surface area contributed by atoms with Crippen LogP contribution >= 0.6 is 0 Å². The SMILES string of the molecule is CC.CCCCCCC(=O)NCCOCCOCCOCCOCCCC(=O)NCC. The molecule has 0 aliphatic rings. The molecule has 0 heterocycles. The van der Waals surface area contributed by atoms with Gasteiger partial charge in [0.05, 0.1) is 46.2 Å². The van der Waals surface area contributed by atoms with E-state index >= 15 is 0 Å². The van der Waals surface area contributed by atoms with Gasteiger partial charge in [0, 0.05) is 32.5 Å². The Bertz CT molecular complexity index is 383. The molecule has 0 bridgehead atoms. The quantitative estimate of drug-likeness (QED) is 0.247. The molecule has 0 saturated heterocycles. The van der Waals surface area contributed by atoms with Crippen LogP contribution in [0.25, 0.3) is 0 Å². The molecular weight excluding hydrogens is 400 g/mol. The summed E-state index contributed by atoms with van der Waals surface area (Å²) in [5.41, 5.74) is 0. The molecule has 2 amide bonds. The summed E-state index contributed by atoms with van der Waals surface area (Å²) in [5.74, 6) is 0.167. The molecular formula is C23H48N2O6. The molecule has 0 radical (unpaired) electrons. The predicted molar refractivity (Wildman–Crippen MR) is 124 cm³/mol. The largest absolute Gasteiger partial charge is 0.379 e. The predicted octanol–water partition coefficient (Wildman–Crippen LogP) is 3.08. The summed E-state index contributed by atoms with van der Waals surface area (Å²) in [6.07, 6.45) is 6.27. The highest BCUT2D eigenvalue weighted by atomic mass is 16.6.